The molecule has 11 rings (SSSR count). The predicted octanol–water partition coefficient (Wildman–Crippen LogP) is 12.6. The van der Waals surface area contributed by atoms with Crippen molar-refractivity contribution in [1.82, 2.24) is 9.97 Å². The maximum Gasteiger partial charge on any atom is 0.160 e. The van der Waals surface area contributed by atoms with Gasteiger partial charge in [0.25, 0.3) is 0 Å². The zero-order valence-electron chi connectivity index (χ0n) is 27.2. The number of benzene rings is 8. The van der Waals surface area contributed by atoms with E-state index in [4.69, 9.17) is 19.4 Å². The first-order valence-electron chi connectivity index (χ1n) is 17.1. The van der Waals surface area contributed by atoms with Crippen LogP contribution in [-0.4, -0.2) is 9.97 Å². The normalized spacial score (nSPS) is 12.6. The number of rotatable bonds is 3. The zero-order chi connectivity index (χ0) is 33.5. The van der Waals surface area contributed by atoms with Crippen LogP contribution in [0.5, 0.6) is 23.0 Å². The molecule has 0 aliphatic carbocycles. The van der Waals surface area contributed by atoms with E-state index < -0.39 is 0 Å². The summed E-state index contributed by atoms with van der Waals surface area (Å²) in [4.78, 5) is 12.3. The maximum absolute atomic E-state index is 6.70. The van der Waals surface area contributed by atoms with Crippen LogP contribution in [0.1, 0.15) is 0 Å². The SMILES string of the molecule is c1ccc(-c2nc(-c3ccc4cc(-c5cc6c7c(c5)Oc5cc8ccccc8cc5N7c5ccccc5O6)ccc4c3)nc3ccccc23)cc1. The Kier molecular flexibility index (Phi) is 5.89. The Morgan fingerprint density at radius 3 is 1.88 bits per heavy atom. The third kappa shape index (κ3) is 4.42. The molecule has 238 valence electrons. The van der Waals surface area contributed by atoms with Gasteiger partial charge in [0.05, 0.1) is 22.6 Å². The van der Waals surface area contributed by atoms with Gasteiger partial charge in [0.1, 0.15) is 5.69 Å². The minimum atomic E-state index is 0.708. The highest BCUT2D eigenvalue weighted by molar-refractivity contribution is 6.00. The van der Waals surface area contributed by atoms with Crippen molar-refractivity contribution in [1.29, 1.82) is 0 Å². The Morgan fingerprint density at radius 1 is 0.392 bits per heavy atom. The summed E-state index contributed by atoms with van der Waals surface area (Å²) in [5, 5.41) is 5.57. The zero-order valence-corrected chi connectivity index (χ0v) is 27.2. The molecule has 51 heavy (non-hydrogen) atoms. The summed E-state index contributed by atoms with van der Waals surface area (Å²) in [6.45, 7) is 0. The molecule has 0 spiro atoms. The number of hydrogen-bond donors (Lipinski definition) is 0. The summed E-state index contributed by atoms with van der Waals surface area (Å²) in [7, 11) is 0. The van der Waals surface area contributed by atoms with Crippen molar-refractivity contribution >= 4 is 49.5 Å². The molecule has 0 amide bonds. The van der Waals surface area contributed by atoms with Gasteiger partial charge in [-0.05, 0) is 87.3 Å². The van der Waals surface area contributed by atoms with Crippen LogP contribution >= 0.6 is 0 Å². The van der Waals surface area contributed by atoms with Crippen LogP contribution in [0, 0.1) is 0 Å². The van der Waals surface area contributed by atoms with Crippen LogP contribution in [0.25, 0.3) is 66.2 Å². The minimum absolute atomic E-state index is 0.708. The number of nitrogens with zero attached hydrogens (tertiary/aromatic N) is 3. The van der Waals surface area contributed by atoms with Gasteiger partial charge >= 0.3 is 0 Å². The highest BCUT2D eigenvalue weighted by Crippen LogP contribution is 2.61. The lowest BCUT2D eigenvalue weighted by Gasteiger charge is -2.38. The van der Waals surface area contributed by atoms with Crippen molar-refractivity contribution in [3.8, 4) is 56.8 Å². The molecule has 0 radical (unpaired) electrons. The van der Waals surface area contributed by atoms with Crippen LogP contribution in [0.4, 0.5) is 17.1 Å². The topological polar surface area (TPSA) is 47.5 Å². The molecule has 1 aromatic heterocycles. The monoisotopic (exact) mass is 653 g/mol. The molecule has 0 fully saturated rings. The van der Waals surface area contributed by atoms with Gasteiger partial charge in [0, 0.05) is 16.5 Å². The highest BCUT2D eigenvalue weighted by Gasteiger charge is 2.35. The third-order valence-electron chi connectivity index (χ3n) is 9.96. The number of anilines is 3. The Bertz CT molecular complexity index is 2880. The van der Waals surface area contributed by atoms with E-state index in [2.05, 4.69) is 120 Å². The predicted molar refractivity (Wildman–Crippen MR) is 206 cm³/mol. The average Bonchev–Trinajstić information content (AvgIpc) is 3.19. The van der Waals surface area contributed by atoms with E-state index in [9.17, 15) is 0 Å². The van der Waals surface area contributed by atoms with E-state index in [0.29, 0.717) is 5.82 Å². The van der Waals surface area contributed by atoms with Crippen molar-refractivity contribution in [3.63, 3.8) is 0 Å². The van der Waals surface area contributed by atoms with Crippen molar-refractivity contribution < 1.29 is 9.47 Å². The van der Waals surface area contributed by atoms with E-state index in [0.717, 1.165) is 100 Å². The second kappa shape index (κ2) is 10.8. The third-order valence-corrected chi connectivity index (χ3v) is 9.96. The fourth-order valence-corrected chi connectivity index (χ4v) is 7.51. The van der Waals surface area contributed by atoms with E-state index in [1.807, 2.05) is 48.5 Å². The van der Waals surface area contributed by atoms with E-state index in [1.54, 1.807) is 0 Å². The molecule has 2 aliphatic heterocycles. The molecular formula is C46H27N3O2. The molecule has 5 nitrogen and oxygen atoms in total. The lowest BCUT2D eigenvalue weighted by Crippen LogP contribution is -2.20. The lowest BCUT2D eigenvalue weighted by molar-refractivity contribution is 0.446. The molecule has 3 heterocycles. The second-order valence-corrected chi connectivity index (χ2v) is 13.1. The van der Waals surface area contributed by atoms with Crippen molar-refractivity contribution in [2.45, 2.75) is 0 Å². The largest absolute Gasteiger partial charge is 0.453 e. The molecule has 9 aromatic rings. The number of para-hydroxylation sites is 3. The van der Waals surface area contributed by atoms with Gasteiger partial charge in [-0.25, -0.2) is 9.97 Å². The summed E-state index contributed by atoms with van der Waals surface area (Å²) in [6.07, 6.45) is 0. The van der Waals surface area contributed by atoms with Crippen molar-refractivity contribution in [3.05, 3.63) is 164 Å². The van der Waals surface area contributed by atoms with Crippen LogP contribution in [0.2, 0.25) is 0 Å². The number of hydrogen-bond acceptors (Lipinski definition) is 5. The van der Waals surface area contributed by atoms with Gasteiger partial charge < -0.3 is 9.47 Å². The first-order chi connectivity index (χ1) is 25.2. The molecule has 0 bridgehead atoms. The first kappa shape index (κ1) is 27.9. The number of fused-ring (bicyclic) bond motifs is 7. The Labute approximate surface area is 293 Å². The van der Waals surface area contributed by atoms with Gasteiger partial charge in [-0.2, -0.15) is 0 Å². The Morgan fingerprint density at radius 2 is 1.04 bits per heavy atom. The molecule has 0 atom stereocenters. The van der Waals surface area contributed by atoms with Gasteiger partial charge in [0.15, 0.2) is 28.8 Å². The fourth-order valence-electron chi connectivity index (χ4n) is 7.51. The molecular weight excluding hydrogens is 627 g/mol. The van der Waals surface area contributed by atoms with Gasteiger partial charge in [0.2, 0.25) is 0 Å². The molecule has 5 heteroatoms. The van der Waals surface area contributed by atoms with E-state index in [-0.39, 0.29) is 0 Å². The standard InChI is InChI=1S/C46H27N3O2/c1-2-10-28(11-3-1)44-36-14-6-7-15-37(36)47-46(48-44)34-21-20-31-22-33(19-18-32(31)23-34)35-26-42-45-43(27-35)51-41-25-30-13-5-4-12-29(30)24-39(41)49(45)38-16-8-9-17-40(38)50-42/h1-27H. The molecule has 0 unspecified atom stereocenters. The van der Waals surface area contributed by atoms with Crippen LogP contribution < -0.4 is 14.4 Å². The lowest BCUT2D eigenvalue weighted by atomic mass is 9.97. The first-order valence-corrected chi connectivity index (χ1v) is 17.1. The van der Waals surface area contributed by atoms with Crippen LogP contribution in [-0.2, 0) is 0 Å². The summed E-state index contributed by atoms with van der Waals surface area (Å²) < 4.78 is 13.3. The second-order valence-electron chi connectivity index (χ2n) is 13.1. The summed E-state index contributed by atoms with van der Waals surface area (Å²) in [5.74, 6) is 3.86. The Hall–Kier alpha value is -6.98. The summed E-state index contributed by atoms with van der Waals surface area (Å²) in [6, 6.07) is 56.7. The number of aromatic nitrogens is 2. The summed E-state index contributed by atoms with van der Waals surface area (Å²) in [5.41, 5.74) is 8.90. The molecule has 2 aliphatic rings. The highest BCUT2D eigenvalue weighted by atomic mass is 16.5. The molecule has 0 saturated carbocycles. The quantitative estimate of drug-likeness (QED) is 0.190. The van der Waals surface area contributed by atoms with Crippen molar-refractivity contribution in [2.24, 2.45) is 0 Å². The number of ether oxygens (including phenoxy) is 2. The van der Waals surface area contributed by atoms with E-state index in [1.165, 1.54) is 0 Å². The van der Waals surface area contributed by atoms with Crippen LogP contribution in [0.15, 0.2) is 164 Å². The molecule has 8 aromatic carbocycles. The summed E-state index contributed by atoms with van der Waals surface area (Å²) >= 11 is 0. The van der Waals surface area contributed by atoms with Crippen LogP contribution in [0.3, 0.4) is 0 Å². The van der Waals surface area contributed by atoms with E-state index >= 15 is 0 Å². The smallest absolute Gasteiger partial charge is 0.160 e. The Balaban J connectivity index is 1.01. The maximum atomic E-state index is 6.70. The molecule has 0 saturated heterocycles. The fraction of sp³-hybridized carbons (Fsp3) is 0. The van der Waals surface area contributed by atoms with Gasteiger partial charge in [-0.3, -0.25) is 4.90 Å². The average molecular weight is 654 g/mol. The van der Waals surface area contributed by atoms with Crippen molar-refractivity contribution in [2.75, 3.05) is 4.90 Å². The minimum Gasteiger partial charge on any atom is -0.453 e. The molecule has 0 N–H and O–H groups in total. The van der Waals surface area contributed by atoms with Gasteiger partial charge in [-0.15, -0.1) is 0 Å². The van der Waals surface area contributed by atoms with Gasteiger partial charge in [-0.1, -0.05) is 109 Å².